The van der Waals surface area contributed by atoms with Crippen molar-refractivity contribution >= 4 is 34.9 Å². The molecule has 1 saturated carbocycles. The van der Waals surface area contributed by atoms with Crippen LogP contribution in [0, 0.1) is 11.3 Å². The topological polar surface area (TPSA) is 38.8 Å². The number of hydrogen-bond acceptors (Lipinski definition) is 3. The average molecular weight is 467 g/mol. The number of carbonyl (C=O) groups excluding carboxylic acids is 1. The number of anilines is 1. The lowest BCUT2D eigenvalue weighted by Gasteiger charge is -2.31. The summed E-state index contributed by atoms with van der Waals surface area (Å²) in [7, 11) is 3.61. The highest BCUT2D eigenvalue weighted by molar-refractivity contribution is 6.43. The Morgan fingerprint density at radius 2 is 1.87 bits per heavy atom. The number of nitrogens with one attached hydrogen (secondary N) is 1. The van der Waals surface area contributed by atoms with Crippen molar-refractivity contribution in [1.82, 2.24) is 15.1 Å². The molecule has 0 bridgehead atoms. The monoisotopic (exact) mass is 466 g/mol. The third-order valence-corrected chi connectivity index (χ3v) is 8.47. The van der Waals surface area contributed by atoms with Crippen LogP contribution in [0.4, 0.5) is 10.5 Å². The van der Waals surface area contributed by atoms with Crippen LogP contribution < -0.4 is 10.2 Å². The smallest absolute Gasteiger partial charge is 0.317 e. The van der Waals surface area contributed by atoms with Gasteiger partial charge in [0.05, 0.1) is 15.7 Å². The minimum Gasteiger partial charge on any atom is -0.370 e. The molecule has 1 aromatic rings. The van der Waals surface area contributed by atoms with Crippen molar-refractivity contribution in [2.45, 2.75) is 51.0 Å². The van der Waals surface area contributed by atoms with Crippen LogP contribution in [0.5, 0.6) is 0 Å². The molecule has 1 N–H and O–H groups in total. The molecule has 5 nitrogen and oxygen atoms in total. The Hall–Kier alpha value is -1.17. The summed E-state index contributed by atoms with van der Waals surface area (Å²) in [5.74, 6) is 0.800. The fraction of sp³-hybridized carbons (Fsp3) is 0.708. The number of nitrogens with zero attached hydrogens (tertiary/aromatic N) is 3. The van der Waals surface area contributed by atoms with Gasteiger partial charge in [-0.2, -0.15) is 0 Å². The van der Waals surface area contributed by atoms with Crippen molar-refractivity contribution in [2.24, 2.45) is 11.3 Å². The molecule has 1 aliphatic carbocycles. The number of rotatable bonds is 5. The molecular formula is C24H36Cl2N4O. The number of halogens is 2. The Balaban J connectivity index is 1.21. The number of amides is 2. The van der Waals surface area contributed by atoms with Gasteiger partial charge in [-0.3, -0.25) is 0 Å². The first kappa shape index (κ1) is 23.0. The van der Waals surface area contributed by atoms with E-state index in [1.165, 1.54) is 51.7 Å². The normalized spacial score (nSPS) is 29.0. The van der Waals surface area contributed by atoms with Crippen molar-refractivity contribution in [1.29, 1.82) is 0 Å². The Kier molecular flexibility index (Phi) is 7.24. The summed E-state index contributed by atoms with van der Waals surface area (Å²) in [5, 5.41) is 4.48. The molecule has 4 rings (SSSR count). The zero-order valence-corrected chi connectivity index (χ0v) is 20.4. The van der Waals surface area contributed by atoms with E-state index in [9.17, 15) is 4.79 Å². The second-order valence-corrected chi connectivity index (χ2v) is 10.9. The first-order valence-corrected chi connectivity index (χ1v) is 12.5. The number of carbonyl (C=O) groups is 1. The Bertz CT molecular complexity index is 781. The van der Waals surface area contributed by atoms with Crippen LogP contribution in [0.25, 0.3) is 0 Å². The van der Waals surface area contributed by atoms with E-state index >= 15 is 0 Å². The maximum absolute atomic E-state index is 11.9. The van der Waals surface area contributed by atoms with E-state index in [2.05, 4.69) is 21.2 Å². The standard InChI is InChI=1S/C24H36Cl2N4O/c1-28(2)23(31)27-19-8-6-18(7-9-19)10-13-29-14-11-24(16-29)12-15-30(17-24)21-5-3-4-20(25)22(21)26/h3-5,18-19H,6-17H2,1-2H3,(H,27,31)/t18-,19-,24?. The first-order chi connectivity index (χ1) is 14.8. The Labute approximate surface area is 197 Å². The minimum atomic E-state index is 0.0375. The fourth-order valence-corrected chi connectivity index (χ4v) is 6.11. The molecule has 7 heteroatoms. The molecule has 0 radical (unpaired) electrons. The van der Waals surface area contributed by atoms with Crippen LogP contribution in [0.1, 0.15) is 44.9 Å². The van der Waals surface area contributed by atoms with Crippen LogP contribution in [-0.4, -0.2) is 68.7 Å². The summed E-state index contributed by atoms with van der Waals surface area (Å²) in [6, 6.07) is 6.34. The molecular weight excluding hydrogens is 431 g/mol. The summed E-state index contributed by atoms with van der Waals surface area (Å²) in [6.07, 6.45) is 8.51. The van der Waals surface area contributed by atoms with Crippen molar-refractivity contribution in [2.75, 3.05) is 51.7 Å². The van der Waals surface area contributed by atoms with Gasteiger partial charge in [-0.15, -0.1) is 0 Å². The lowest BCUT2D eigenvalue weighted by atomic mass is 9.84. The molecule has 3 aliphatic rings. The average Bonchev–Trinajstić information content (AvgIpc) is 3.36. The van der Waals surface area contributed by atoms with Gasteiger partial charge in [0, 0.05) is 45.2 Å². The minimum absolute atomic E-state index is 0.0375. The van der Waals surface area contributed by atoms with Crippen LogP contribution in [0.2, 0.25) is 10.0 Å². The van der Waals surface area contributed by atoms with E-state index in [0.29, 0.717) is 21.5 Å². The highest BCUT2D eigenvalue weighted by Gasteiger charge is 2.43. The molecule has 1 aromatic carbocycles. The maximum atomic E-state index is 11.9. The molecule has 1 unspecified atom stereocenters. The van der Waals surface area contributed by atoms with Gasteiger partial charge in [-0.25, -0.2) is 4.79 Å². The molecule has 31 heavy (non-hydrogen) atoms. The van der Waals surface area contributed by atoms with E-state index in [0.717, 1.165) is 37.5 Å². The largest absolute Gasteiger partial charge is 0.370 e. The van der Waals surface area contributed by atoms with Crippen molar-refractivity contribution in [3.63, 3.8) is 0 Å². The van der Waals surface area contributed by atoms with Crippen molar-refractivity contribution in [3.8, 4) is 0 Å². The number of urea groups is 1. The number of hydrogen-bond donors (Lipinski definition) is 1. The zero-order chi connectivity index (χ0) is 22.0. The van der Waals surface area contributed by atoms with Crippen LogP contribution in [0.15, 0.2) is 18.2 Å². The quantitative estimate of drug-likeness (QED) is 0.654. The van der Waals surface area contributed by atoms with E-state index in [1.54, 1.807) is 19.0 Å². The molecule has 2 saturated heterocycles. The molecule has 2 heterocycles. The summed E-state index contributed by atoms with van der Waals surface area (Å²) < 4.78 is 0. The molecule has 0 aromatic heterocycles. The third-order valence-electron chi connectivity index (χ3n) is 7.66. The van der Waals surface area contributed by atoms with Gasteiger partial charge in [0.15, 0.2) is 0 Å². The number of likely N-dealkylation sites (tertiary alicyclic amines) is 1. The predicted molar refractivity (Wildman–Crippen MR) is 129 cm³/mol. The van der Waals surface area contributed by atoms with Crippen LogP contribution >= 0.6 is 23.2 Å². The predicted octanol–water partition coefficient (Wildman–Crippen LogP) is 5.12. The molecule has 1 spiro atoms. The Morgan fingerprint density at radius 1 is 1.13 bits per heavy atom. The van der Waals surface area contributed by atoms with Crippen LogP contribution in [-0.2, 0) is 0 Å². The van der Waals surface area contributed by atoms with Gasteiger partial charge in [-0.05, 0) is 76.1 Å². The van der Waals surface area contributed by atoms with Gasteiger partial charge in [0.2, 0.25) is 0 Å². The lowest BCUT2D eigenvalue weighted by Crippen LogP contribution is -2.43. The van der Waals surface area contributed by atoms with E-state index in [1.807, 2.05) is 12.1 Å². The van der Waals surface area contributed by atoms with Gasteiger partial charge in [-0.1, -0.05) is 29.3 Å². The van der Waals surface area contributed by atoms with E-state index in [-0.39, 0.29) is 6.03 Å². The molecule has 3 fully saturated rings. The number of benzene rings is 1. The van der Waals surface area contributed by atoms with Gasteiger partial charge in [0.25, 0.3) is 0 Å². The summed E-state index contributed by atoms with van der Waals surface area (Å²) >= 11 is 12.7. The zero-order valence-electron chi connectivity index (χ0n) is 18.9. The SMILES string of the molecule is CN(C)C(=O)N[C@H]1CC[C@H](CCN2CCC3(CCN(c4cccc(Cl)c4Cl)C3)C2)CC1. The van der Waals surface area contributed by atoms with E-state index in [4.69, 9.17) is 23.2 Å². The van der Waals surface area contributed by atoms with Crippen LogP contribution in [0.3, 0.4) is 0 Å². The maximum Gasteiger partial charge on any atom is 0.317 e. The summed E-state index contributed by atoms with van der Waals surface area (Å²) in [4.78, 5) is 18.6. The third kappa shape index (κ3) is 5.43. The molecule has 172 valence electrons. The summed E-state index contributed by atoms with van der Waals surface area (Å²) in [6.45, 7) is 5.77. The van der Waals surface area contributed by atoms with Crippen molar-refractivity contribution in [3.05, 3.63) is 28.2 Å². The lowest BCUT2D eigenvalue weighted by molar-refractivity contribution is 0.198. The van der Waals surface area contributed by atoms with Gasteiger partial charge < -0.3 is 20.0 Å². The van der Waals surface area contributed by atoms with Gasteiger partial charge in [0.1, 0.15) is 0 Å². The van der Waals surface area contributed by atoms with Gasteiger partial charge >= 0.3 is 6.03 Å². The Morgan fingerprint density at radius 3 is 2.61 bits per heavy atom. The summed E-state index contributed by atoms with van der Waals surface area (Å²) in [5.41, 5.74) is 1.49. The second kappa shape index (κ2) is 9.76. The fourth-order valence-electron chi connectivity index (χ4n) is 5.69. The molecule has 2 aliphatic heterocycles. The van der Waals surface area contributed by atoms with E-state index < -0.39 is 0 Å². The molecule has 2 amide bonds. The first-order valence-electron chi connectivity index (χ1n) is 11.7. The highest BCUT2D eigenvalue weighted by atomic mass is 35.5. The van der Waals surface area contributed by atoms with Crippen molar-refractivity contribution < 1.29 is 4.79 Å². The highest BCUT2D eigenvalue weighted by Crippen LogP contribution is 2.43. The molecule has 1 atom stereocenters. The second-order valence-electron chi connectivity index (χ2n) is 10.1.